The van der Waals surface area contributed by atoms with Gasteiger partial charge in [0, 0.05) is 0 Å². The summed E-state index contributed by atoms with van der Waals surface area (Å²) < 4.78 is 220. The monoisotopic (exact) mass is 1050 g/mol. The maximum absolute atomic E-state index is 12.9. The van der Waals surface area contributed by atoms with Crippen molar-refractivity contribution in [2.45, 2.75) is 29.4 Å². The first-order chi connectivity index (χ1) is 29.2. The first-order valence-corrected chi connectivity index (χ1v) is 25.5. The third kappa shape index (κ3) is 8.35. The summed E-state index contributed by atoms with van der Waals surface area (Å²) >= 11 is 13.3. The maximum atomic E-state index is 12.9. The Bertz CT molecular complexity index is 3590. The van der Waals surface area contributed by atoms with Crippen LogP contribution in [0.2, 0.25) is 10.0 Å². The van der Waals surface area contributed by atoms with E-state index in [0.29, 0.717) is 24.3 Å². The van der Waals surface area contributed by atoms with Crippen molar-refractivity contribution in [3.8, 4) is 23.0 Å². The van der Waals surface area contributed by atoms with Crippen LogP contribution in [0, 0.1) is 0 Å². The molecule has 0 aromatic heterocycles. The van der Waals surface area contributed by atoms with E-state index >= 15 is 0 Å². The third-order valence-electron chi connectivity index (χ3n) is 8.69. The molecule has 26 nitrogen and oxygen atoms in total. The summed E-state index contributed by atoms with van der Waals surface area (Å²) in [5, 5.41) is 2.28. The molecule has 0 saturated heterocycles. The Morgan fingerprint density at radius 3 is 1.03 bits per heavy atom. The Kier molecular flexibility index (Phi) is 10.9. The lowest BCUT2D eigenvalue weighted by Crippen LogP contribution is -2.23. The molecule has 0 amide bonds. The van der Waals surface area contributed by atoms with E-state index in [4.69, 9.17) is 44.1 Å². The first-order valence-electron chi connectivity index (χ1n) is 16.1. The van der Waals surface area contributed by atoms with Crippen LogP contribution in [0.5, 0.6) is 23.0 Å². The minimum Gasteiger partial charge on any atom is -0.450 e. The zero-order chi connectivity index (χ0) is 47.6. The fourth-order valence-electron chi connectivity index (χ4n) is 6.15. The molecule has 5 aromatic carbocycles. The van der Waals surface area contributed by atoms with Gasteiger partial charge in [-0.25, -0.2) is 9.98 Å². The number of nitrogens with one attached hydrogen (secondary N) is 2. The smallest absolute Gasteiger partial charge is 0.300 e. The van der Waals surface area contributed by atoms with E-state index in [1.54, 1.807) is 0 Å². The summed E-state index contributed by atoms with van der Waals surface area (Å²) in [6.45, 7) is 0. The van der Waals surface area contributed by atoms with E-state index in [1.807, 2.05) is 0 Å². The predicted octanol–water partition coefficient (Wildman–Crippen LogP) is 3.24. The van der Waals surface area contributed by atoms with Gasteiger partial charge in [-0.05, 0) is 48.5 Å². The van der Waals surface area contributed by atoms with Crippen molar-refractivity contribution < 1.29 is 87.3 Å². The molecule has 0 atom stereocenters. The number of halogens is 2. The van der Waals surface area contributed by atoms with Crippen molar-refractivity contribution >= 4 is 129 Å². The van der Waals surface area contributed by atoms with Crippen LogP contribution < -0.4 is 42.3 Å². The van der Waals surface area contributed by atoms with Crippen LogP contribution in [-0.2, 0) is 60.7 Å². The molecule has 64 heavy (non-hydrogen) atoms. The zero-order valence-corrected chi connectivity index (χ0v) is 36.7. The number of nitrogens with zero attached hydrogens (tertiary/aromatic N) is 2. The second-order valence-corrected chi connectivity index (χ2v) is 21.9. The lowest BCUT2D eigenvalue weighted by atomic mass is 10.1. The van der Waals surface area contributed by atoms with E-state index in [-0.39, 0.29) is 0 Å². The highest BCUT2D eigenvalue weighted by Gasteiger charge is 2.36. The Labute approximate surface area is 368 Å². The summed E-state index contributed by atoms with van der Waals surface area (Å²) in [6, 6.07) is 5.32. The molecular weight excluding hydrogens is 1030 g/mol. The fourth-order valence-corrected chi connectivity index (χ4v) is 10.8. The zero-order valence-electron chi connectivity index (χ0n) is 30.3. The van der Waals surface area contributed by atoms with Gasteiger partial charge in [-0.1, -0.05) is 23.2 Å². The van der Waals surface area contributed by atoms with E-state index in [2.05, 4.69) is 20.6 Å². The van der Waals surface area contributed by atoms with Crippen LogP contribution in [0.25, 0.3) is 0 Å². The van der Waals surface area contributed by atoms with Crippen LogP contribution in [0.3, 0.4) is 0 Å². The van der Waals surface area contributed by atoms with Gasteiger partial charge in [-0.15, -0.1) is 0 Å². The number of benzene rings is 5. The molecule has 0 unspecified atom stereocenters. The van der Waals surface area contributed by atoms with Gasteiger partial charge in [-0.3, -0.25) is 27.3 Å². The van der Waals surface area contributed by atoms with Gasteiger partial charge in [0.05, 0.1) is 34.1 Å². The van der Waals surface area contributed by atoms with Crippen LogP contribution in [0.1, 0.15) is 0 Å². The number of fused-ring (bicyclic) bond motifs is 4. The van der Waals surface area contributed by atoms with E-state index in [9.17, 15) is 77.8 Å². The second-order valence-electron chi connectivity index (χ2n) is 12.9. The third-order valence-corrected chi connectivity index (χ3v) is 14.8. The quantitative estimate of drug-likeness (QED) is 0.0694. The minimum absolute atomic E-state index is 0.418. The average molecular weight is 1050 g/mol. The maximum Gasteiger partial charge on any atom is 0.300 e. The van der Waals surface area contributed by atoms with Gasteiger partial charge in [0.2, 0.25) is 0 Å². The number of ether oxygens (including phenoxy) is 2. The molecule has 2 aliphatic rings. The normalized spacial score (nSPS) is 13.8. The highest BCUT2D eigenvalue weighted by atomic mass is 35.5. The summed E-state index contributed by atoms with van der Waals surface area (Å²) in [7, 11) is -31.9. The van der Waals surface area contributed by atoms with Crippen molar-refractivity contribution in [3.63, 3.8) is 0 Å². The van der Waals surface area contributed by atoms with Crippen molar-refractivity contribution in [2.24, 2.45) is 9.98 Å². The molecule has 340 valence electrons. The number of hydrogen-bond acceptors (Lipinski definition) is 20. The first kappa shape index (κ1) is 46.5. The molecule has 7 rings (SSSR count). The second kappa shape index (κ2) is 15.1. The van der Waals surface area contributed by atoms with Crippen LogP contribution in [0.15, 0.2) is 87.9 Å². The molecule has 12 N–H and O–H groups in total. The number of hydrogen-bond donors (Lipinski definition) is 10. The van der Waals surface area contributed by atoms with Crippen LogP contribution in [0.4, 0.5) is 45.5 Å². The number of rotatable bonds is 10. The Hall–Kier alpha value is -5.46. The molecule has 5 aromatic rings. The highest BCUT2D eigenvalue weighted by molar-refractivity contribution is 7.87. The van der Waals surface area contributed by atoms with Gasteiger partial charge in [-0.2, -0.15) is 50.5 Å². The fraction of sp³-hybridized carbons (Fsp3) is 0. The average Bonchev–Trinajstić information content (AvgIpc) is 3.14. The highest BCUT2D eigenvalue weighted by Crippen LogP contribution is 2.50. The molecule has 0 spiro atoms. The number of nitrogen functional groups attached to an aromatic ring is 2. The standard InChI is InChI=1S/C30H20Cl2N6O20S6/c31-21-23-27(57-25-11(37-23)1-3-13(29(25)63(51,52)53)35-15-7-17(59(39,40)41)9(33)5-19(15)61(45,46)47)22(32)24-28(21)58-26-12(38-24)2-4-14(30(26)64(54,55)56)36-16-8-18(60(42,43)44)10(34)6-20(16)62(48,49)50/h1-8,35-36H,33-34H2,(H,39,40,41)(H,42,43,44)(H,45,46,47)(H,48,49,50)(H,51,52,53)(H,54,55,56). The van der Waals surface area contributed by atoms with Crippen molar-refractivity contribution in [1.82, 2.24) is 0 Å². The molecule has 34 heteroatoms. The molecule has 0 aliphatic carbocycles. The van der Waals surface area contributed by atoms with Crippen molar-refractivity contribution in [2.75, 3.05) is 22.1 Å². The van der Waals surface area contributed by atoms with Gasteiger partial charge in [0.25, 0.3) is 60.7 Å². The van der Waals surface area contributed by atoms with Gasteiger partial charge in [0.1, 0.15) is 51.7 Å². The van der Waals surface area contributed by atoms with E-state index < -0.39 is 179 Å². The largest absolute Gasteiger partial charge is 0.450 e. The Balaban J connectivity index is 1.39. The minimum atomic E-state index is -5.50. The number of nitrogens with two attached hydrogens (primary N) is 2. The van der Waals surface area contributed by atoms with Crippen molar-refractivity contribution in [1.29, 1.82) is 0 Å². The van der Waals surface area contributed by atoms with Crippen molar-refractivity contribution in [3.05, 3.63) is 69.3 Å². The molecule has 2 heterocycles. The van der Waals surface area contributed by atoms with Crippen LogP contribution in [-0.4, -0.2) is 77.8 Å². The lowest BCUT2D eigenvalue weighted by Gasteiger charge is -2.24. The molecule has 0 radical (unpaired) electrons. The predicted molar refractivity (Wildman–Crippen MR) is 218 cm³/mol. The molecule has 2 aliphatic heterocycles. The number of anilines is 6. The van der Waals surface area contributed by atoms with E-state index in [1.165, 1.54) is 0 Å². The molecular formula is C30H20Cl2N6O20S6. The van der Waals surface area contributed by atoms with E-state index in [0.717, 1.165) is 24.3 Å². The molecule has 0 bridgehead atoms. The Morgan fingerprint density at radius 1 is 0.438 bits per heavy atom. The summed E-state index contributed by atoms with van der Waals surface area (Å²) in [5.41, 5.74) is 5.12. The molecule has 0 fully saturated rings. The topological polar surface area (TPSA) is 446 Å². The van der Waals surface area contributed by atoms with Gasteiger partial charge >= 0.3 is 0 Å². The molecule has 0 saturated carbocycles. The Morgan fingerprint density at radius 2 is 0.750 bits per heavy atom. The summed E-state index contributed by atoms with van der Waals surface area (Å²) in [6.07, 6.45) is 0. The SMILES string of the molecule is Nc1cc(S(=O)(=O)O)c(Nc2ccc3c(c2S(=O)(=O)O)Oc2c(Cl)c4c(c(Cl)c2=N3)Oc2c(ccc(Nc3cc(S(=O)(=O)O)c(N)cc3S(=O)(=O)O)c2S(=O)(=O)O)N=4)cc1S(=O)(=O)O. The summed E-state index contributed by atoms with van der Waals surface area (Å²) in [4.78, 5) is 1.55. The summed E-state index contributed by atoms with van der Waals surface area (Å²) in [5.74, 6) is -2.91. The van der Waals surface area contributed by atoms with Gasteiger partial charge in [0.15, 0.2) is 32.8 Å². The van der Waals surface area contributed by atoms with Gasteiger partial charge < -0.3 is 31.6 Å². The van der Waals surface area contributed by atoms with Crippen LogP contribution >= 0.6 is 23.2 Å². The lowest BCUT2D eigenvalue weighted by molar-refractivity contribution is 0.428.